The summed E-state index contributed by atoms with van der Waals surface area (Å²) in [4.78, 5) is 15.6. The number of para-hydroxylation sites is 1. The van der Waals surface area contributed by atoms with Gasteiger partial charge in [0.25, 0.3) is 5.91 Å². The predicted octanol–water partition coefficient (Wildman–Crippen LogP) is 7.69. The van der Waals surface area contributed by atoms with E-state index in [1.807, 2.05) is 17.0 Å². The molecule has 0 saturated heterocycles. The van der Waals surface area contributed by atoms with Crippen LogP contribution in [0.4, 0.5) is 5.69 Å². The number of aryl methyl sites for hydroxylation is 1. The molecule has 0 spiro atoms. The number of carbonyl (C=O) groups excluding carboxylic acids is 1. The Bertz CT molecular complexity index is 1140. The third kappa shape index (κ3) is 3.77. The summed E-state index contributed by atoms with van der Waals surface area (Å²) >= 11 is 12.3. The Balaban J connectivity index is 1.85. The van der Waals surface area contributed by atoms with Gasteiger partial charge in [0.05, 0.1) is 10.0 Å². The molecule has 1 aliphatic heterocycles. The van der Waals surface area contributed by atoms with Crippen molar-refractivity contribution in [3.8, 4) is 0 Å². The standard InChI is InChI=1S/C27H27Cl2NO/c1-5-18-10-13-20(14-11-18)27(4)17-26(2,3)30(24-9-7-6-8-21(24)27)25(31)19-12-15-22(28)23(29)16-19/h6-16H,5,17H2,1-4H3/t27-/m0/s1. The molecule has 1 heterocycles. The van der Waals surface area contributed by atoms with Crippen molar-refractivity contribution in [2.24, 2.45) is 0 Å². The minimum atomic E-state index is -0.407. The van der Waals surface area contributed by atoms with Gasteiger partial charge >= 0.3 is 0 Å². The lowest BCUT2D eigenvalue weighted by Gasteiger charge is -2.51. The SMILES string of the molecule is CCc1ccc([C@]2(C)CC(C)(C)N(C(=O)c3ccc(Cl)c(Cl)c3)c3ccccc32)cc1. The maximum absolute atomic E-state index is 13.7. The highest BCUT2D eigenvalue weighted by Crippen LogP contribution is 2.50. The first kappa shape index (κ1) is 21.9. The molecule has 0 saturated carbocycles. The van der Waals surface area contributed by atoms with Crippen LogP contribution in [0.5, 0.6) is 0 Å². The Morgan fingerprint density at radius 1 is 0.935 bits per heavy atom. The lowest BCUT2D eigenvalue weighted by Crippen LogP contribution is -2.55. The maximum Gasteiger partial charge on any atom is 0.258 e. The first-order valence-corrected chi connectivity index (χ1v) is 11.4. The largest absolute Gasteiger partial charge is 0.302 e. The normalized spacial score (nSPS) is 19.7. The van der Waals surface area contributed by atoms with Crippen LogP contribution < -0.4 is 4.90 Å². The zero-order valence-corrected chi connectivity index (χ0v) is 19.9. The Morgan fingerprint density at radius 2 is 1.61 bits per heavy atom. The average Bonchev–Trinajstić information content (AvgIpc) is 2.75. The first-order chi connectivity index (χ1) is 14.7. The van der Waals surface area contributed by atoms with E-state index in [0.717, 1.165) is 24.1 Å². The third-order valence-electron chi connectivity index (χ3n) is 6.50. The molecule has 0 aliphatic carbocycles. The highest BCUT2D eigenvalue weighted by molar-refractivity contribution is 6.42. The number of hydrogen-bond donors (Lipinski definition) is 0. The van der Waals surface area contributed by atoms with E-state index in [1.165, 1.54) is 11.1 Å². The van der Waals surface area contributed by atoms with E-state index >= 15 is 0 Å². The van der Waals surface area contributed by atoms with Gasteiger partial charge in [0, 0.05) is 22.2 Å². The van der Waals surface area contributed by atoms with Gasteiger partial charge in [-0.1, -0.05) is 79.5 Å². The van der Waals surface area contributed by atoms with E-state index in [9.17, 15) is 4.79 Å². The summed E-state index contributed by atoms with van der Waals surface area (Å²) in [5.41, 5.74) is 4.62. The molecular weight excluding hydrogens is 425 g/mol. The maximum atomic E-state index is 13.7. The fraction of sp³-hybridized carbons (Fsp3) is 0.296. The van der Waals surface area contributed by atoms with Crippen LogP contribution in [0.15, 0.2) is 66.7 Å². The van der Waals surface area contributed by atoms with Crippen LogP contribution in [0.3, 0.4) is 0 Å². The van der Waals surface area contributed by atoms with Crippen LogP contribution in [-0.2, 0) is 11.8 Å². The molecule has 3 aromatic rings. The fourth-order valence-corrected chi connectivity index (χ4v) is 5.31. The highest BCUT2D eigenvalue weighted by atomic mass is 35.5. The minimum Gasteiger partial charge on any atom is -0.302 e. The molecular formula is C27H27Cl2NO. The average molecular weight is 452 g/mol. The van der Waals surface area contributed by atoms with Crippen LogP contribution >= 0.6 is 23.2 Å². The number of rotatable bonds is 3. The van der Waals surface area contributed by atoms with E-state index in [2.05, 4.69) is 64.1 Å². The molecule has 2 nitrogen and oxygen atoms in total. The van der Waals surface area contributed by atoms with E-state index in [1.54, 1.807) is 18.2 Å². The molecule has 3 aromatic carbocycles. The monoisotopic (exact) mass is 451 g/mol. The van der Waals surface area contributed by atoms with E-state index in [4.69, 9.17) is 23.2 Å². The number of anilines is 1. The fourth-order valence-electron chi connectivity index (χ4n) is 5.01. The van der Waals surface area contributed by atoms with Crippen molar-refractivity contribution in [3.63, 3.8) is 0 Å². The lowest BCUT2D eigenvalue weighted by atomic mass is 9.65. The van der Waals surface area contributed by atoms with Crippen molar-refractivity contribution < 1.29 is 4.79 Å². The Labute approximate surface area is 194 Å². The number of carbonyl (C=O) groups is 1. The molecule has 0 aromatic heterocycles. The van der Waals surface area contributed by atoms with Gasteiger partial charge in [-0.25, -0.2) is 0 Å². The highest BCUT2D eigenvalue weighted by Gasteiger charge is 2.47. The molecule has 1 atom stereocenters. The van der Waals surface area contributed by atoms with Crippen molar-refractivity contribution in [1.82, 2.24) is 0 Å². The van der Waals surface area contributed by atoms with Crippen molar-refractivity contribution in [2.45, 2.75) is 51.5 Å². The number of fused-ring (bicyclic) bond motifs is 1. The molecule has 0 radical (unpaired) electrons. The Morgan fingerprint density at radius 3 is 2.26 bits per heavy atom. The van der Waals surface area contributed by atoms with Crippen LogP contribution in [0.1, 0.15) is 61.2 Å². The molecule has 0 fully saturated rings. The molecule has 0 N–H and O–H groups in total. The minimum absolute atomic E-state index is 0.0700. The number of benzene rings is 3. The van der Waals surface area contributed by atoms with Crippen LogP contribution in [0.25, 0.3) is 0 Å². The van der Waals surface area contributed by atoms with Gasteiger partial charge in [-0.2, -0.15) is 0 Å². The second-order valence-electron chi connectivity index (χ2n) is 9.16. The van der Waals surface area contributed by atoms with E-state index in [-0.39, 0.29) is 11.3 Å². The second-order valence-corrected chi connectivity index (χ2v) is 9.97. The molecule has 1 aliphatic rings. The third-order valence-corrected chi connectivity index (χ3v) is 7.24. The zero-order chi connectivity index (χ0) is 22.4. The summed E-state index contributed by atoms with van der Waals surface area (Å²) in [5, 5.41) is 0.830. The summed E-state index contributed by atoms with van der Waals surface area (Å²) in [6.45, 7) is 8.73. The molecule has 0 bridgehead atoms. The van der Waals surface area contributed by atoms with Crippen LogP contribution in [0.2, 0.25) is 10.0 Å². The number of nitrogens with zero attached hydrogens (tertiary/aromatic N) is 1. The smallest absolute Gasteiger partial charge is 0.258 e. The lowest BCUT2D eigenvalue weighted by molar-refractivity contribution is 0.0948. The molecule has 31 heavy (non-hydrogen) atoms. The topological polar surface area (TPSA) is 20.3 Å². The van der Waals surface area contributed by atoms with Gasteiger partial charge in [-0.3, -0.25) is 4.79 Å². The van der Waals surface area contributed by atoms with E-state index < -0.39 is 5.54 Å². The Kier molecular flexibility index (Phi) is 5.66. The van der Waals surface area contributed by atoms with Gasteiger partial charge in [0.15, 0.2) is 0 Å². The van der Waals surface area contributed by atoms with Gasteiger partial charge in [0.1, 0.15) is 0 Å². The summed E-state index contributed by atoms with van der Waals surface area (Å²) in [7, 11) is 0. The number of hydrogen-bond acceptors (Lipinski definition) is 1. The molecule has 160 valence electrons. The molecule has 4 rings (SSSR count). The number of amides is 1. The summed E-state index contributed by atoms with van der Waals surface area (Å²) in [6, 6.07) is 22.2. The number of halogens is 2. The summed E-state index contributed by atoms with van der Waals surface area (Å²) in [5.74, 6) is -0.0700. The Hall–Kier alpha value is -2.29. The molecule has 1 amide bonds. The van der Waals surface area contributed by atoms with Crippen LogP contribution in [-0.4, -0.2) is 11.4 Å². The zero-order valence-electron chi connectivity index (χ0n) is 18.4. The van der Waals surface area contributed by atoms with Gasteiger partial charge < -0.3 is 4.90 Å². The molecule has 4 heteroatoms. The van der Waals surface area contributed by atoms with Crippen molar-refractivity contribution in [3.05, 3.63) is 99.0 Å². The first-order valence-electron chi connectivity index (χ1n) is 10.7. The summed E-state index contributed by atoms with van der Waals surface area (Å²) < 4.78 is 0. The molecule has 0 unspecified atom stereocenters. The van der Waals surface area contributed by atoms with Gasteiger partial charge in [-0.15, -0.1) is 0 Å². The predicted molar refractivity (Wildman–Crippen MR) is 131 cm³/mol. The summed E-state index contributed by atoms with van der Waals surface area (Å²) in [6.07, 6.45) is 1.82. The van der Waals surface area contributed by atoms with E-state index in [0.29, 0.717) is 15.6 Å². The van der Waals surface area contributed by atoms with Crippen molar-refractivity contribution in [2.75, 3.05) is 4.90 Å². The quantitative estimate of drug-likeness (QED) is 0.399. The van der Waals surface area contributed by atoms with Crippen molar-refractivity contribution >= 4 is 34.8 Å². The van der Waals surface area contributed by atoms with Crippen LogP contribution in [0, 0.1) is 0 Å². The van der Waals surface area contributed by atoms with Crippen molar-refractivity contribution in [1.29, 1.82) is 0 Å². The second kappa shape index (κ2) is 8.00. The van der Waals surface area contributed by atoms with Gasteiger partial charge in [0.2, 0.25) is 0 Å². The van der Waals surface area contributed by atoms with Gasteiger partial charge in [-0.05, 0) is 67.6 Å².